The summed E-state index contributed by atoms with van der Waals surface area (Å²) >= 11 is 0. The lowest BCUT2D eigenvalue weighted by molar-refractivity contribution is 0.146. The Morgan fingerprint density at radius 1 is 0.935 bits per heavy atom. The number of piperazine rings is 1. The Morgan fingerprint density at radius 3 is 2.55 bits per heavy atom. The van der Waals surface area contributed by atoms with E-state index in [1.54, 1.807) is 14.2 Å². The van der Waals surface area contributed by atoms with Crippen LogP contribution in [0.5, 0.6) is 11.5 Å². The highest BCUT2D eigenvalue weighted by atomic mass is 16.5. The van der Waals surface area contributed by atoms with Gasteiger partial charge in [-0.1, -0.05) is 0 Å². The summed E-state index contributed by atoms with van der Waals surface area (Å²) in [7, 11) is 5.49. The van der Waals surface area contributed by atoms with Crippen LogP contribution in [0.2, 0.25) is 0 Å². The van der Waals surface area contributed by atoms with Gasteiger partial charge in [-0.15, -0.1) is 0 Å². The van der Waals surface area contributed by atoms with Gasteiger partial charge in [0.2, 0.25) is 0 Å². The molecular weight excluding hydrogens is 392 g/mol. The Balaban J connectivity index is 1.55. The van der Waals surface area contributed by atoms with E-state index in [0.717, 1.165) is 54.2 Å². The molecule has 0 radical (unpaired) electrons. The molecule has 2 aromatic carbocycles. The van der Waals surface area contributed by atoms with Crippen LogP contribution in [-0.2, 0) is 4.74 Å². The van der Waals surface area contributed by atoms with Crippen LogP contribution in [0.4, 0.5) is 17.1 Å². The van der Waals surface area contributed by atoms with Crippen molar-refractivity contribution in [3.63, 3.8) is 0 Å². The van der Waals surface area contributed by atoms with Gasteiger partial charge in [-0.25, -0.2) is 0 Å². The fourth-order valence-electron chi connectivity index (χ4n) is 3.76. The van der Waals surface area contributed by atoms with Crippen molar-refractivity contribution in [2.75, 3.05) is 70.9 Å². The summed E-state index contributed by atoms with van der Waals surface area (Å²) < 4.78 is 16.3. The van der Waals surface area contributed by atoms with Gasteiger partial charge in [-0.05, 0) is 43.4 Å². The van der Waals surface area contributed by atoms with Gasteiger partial charge in [0.1, 0.15) is 18.1 Å². The lowest BCUT2D eigenvalue weighted by atomic mass is 10.1. The topological polar surface area (TPSA) is 59.1 Å². The van der Waals surface area contributed by atoms with Crippen LogP contribution in [0.25, 0.3) is 10.9 Å². The van der Waals surface area contributed by atoms with E-state index in [2.05, 4.69) is 45.3 Å². The SMILES string of the molecule is COCCOc1ccc(Nc2ccnc3cc(N4CCN(C)CC4)ccc23)c(OC)c1. The first-order valence-corrected chi connectivity index (χ1v) is 10.6. The van der Waals surface area contributed by atoms with Crippen molar-refractivity contribution in [1.82, 2.24) is 9.88 Å². The number of ether oxygens (including phenoxy) is 3. The molecule has 4 rings (SSSR count). The van der Waals surface area contributed by atoms with Crippen LogP contribution in [-0.4, -0.2) is 70.5 Å². The van der Waals surface area contributed by atoms with Crippen molar-refractivity contribution in [2.45, 2.75) is 0 Å². The first-order chi connectivity index (χ1) is 15.2. The minimum Gasteiger partial charge on any atom is -0.494 e. The summed E-state index contributed by atoms with van der Waals surface area (Å²) in [6.07, 6.45) is 1.84. The zero-order chi connectivity index (χ0) is 21.6. The quantitative estimate of drug-likeness (QED) is 0.555. The van der Waals surface area contributed by atoms with Gasteiger partial charge < -0.3 is 29.3 Å². The zero-order valence-corrected chi connectivity index (χ0v) is 18.4. The molecule has 1 fully saturated rings. The molecular formula is C24H30N4O3. The second-order valence-corrected chi connectivity index (χ2v) is 7.68. The number of likely N-dealkylation sites (N-methyl/N-ethyl adjacent to an activating group) is 1. The van der Waals surface area contributed by atoms with E-state index in [9.17, 15) is 0 Å². The van der Waals surface area contributed by atoms with Crippen molar-refractivity contribution in [2.24, 2.45) is 0 Å². The predicted octanol–water partition coefficient (Wildman–Crippen LogP) is 3.76. The molecule has 31 heavy (non-hydrogen) atoms. The number of benzene rings is 2. The van der Waals surface area contributed by atoms with Gasteiger partial charge in [0.05, 0.1) is 24.9 Å². The summed E-state index contributed by atoms with van der Waals surface area (Å²) in [5, 5.41) is 4.57. The highest BCUT2D eigenvalue weighted by Crippen LogP contribution is 2.34. The molecule has 7 nitrogen and oxygen atoms in total. The lowest BCUT2D eigenvalue weighted by Crippen LogP contribution is -2.44. The number of aromatic nitrogens is 1. The molecule has 1 aliphatic heterocycles. The van der Waals surface area contributed by atoms with E-state index in [1.165, 1.54) is 5.69 Å². The van der Waals surface area contributed by atoms with Crippen LogP contribution in [0, 0.1) is 0 Å². The van der Waals surface area contributed by atoms with Crippen LogP contribution < -0.4 is 19.7 Å². The molecule has 0 saturated carbocycles. The Hall–Kier alpha value is -3.03. The number of rotatable bonds is 8. The molecule has 0 amide bonds. The van der Waals surface area contributed by atoms with Gasteiger partial charge in [0.15, 0.2) is 0 Å². The molecule has 0 unspecified atom stereocenters. The molecule has 0 spiro atoms. The second kappa shape index (κ2) is 9.85. The molecule has 1 saturated heterocycles. The number of fused-ring (bicyclic) bond motifs is 1. The molecule has 2 heterocycles. The summed E-state index contributed by atoms with van der Waals surface area (Å²) in [6, 6.07) is 14.3. The van der Waals surface area contributed by atoms with Crippen molar-refractivity contribution < 1.29 is 14.2 Å². The van der Waals surface area contributed by atoms with Gasteiger partial charge in [-0.2, -0.15) is 0 Å². The maximum Gasteiger partial charge on any atom is 0.145 e. The molecule has 0 aliphatic carbocycles. The molecule has 0 atom stereocenters. The molecule has 7 heteroatoms. The summed E-state index contributed by atoms with van der Waals surface area (Å²) in [5.74, 6) is 1.46. The minimum atomic E-state index is 0.497. The largest absolute Gasteiger partial charge is 0.494 e. The number of pyridine rings is 1. The Labute approximate surface area is 183 Å². The highest BCUT2D eigenvalue weighted by Gasteiger charge is 2.15. The van der Waals surface area contributed by atoms with Gasteiger partial charge >= 0.3 is 0 Å². The summed E-state index contributed by atoms with van der Waals surface area (Å²) in [4.78, 5) is 9.40. The fraction of sp³-hybridized carbons (Fsp3) is 0.375. The van der Waals surface area contributed by atoms with Crippen molar-refractivity contribution in [3.05, 3.63) is 48.7 Å². The number of hydrogen-bond acceptors (Lipinski definition) is 7. The third-order valence-corrected chi connectivity index (χ3v) is 5.59. The van der Waals surface area contributed by atoms with E-state index in [-0.39, 0.29) is 0 Å². The Morgan fingerprint density at radius 2 is 1.77 bits per heavy atom. The standard InChI is InChI=1S/C24H30N4O3/c1-27-10-12-28(13-11-27)18-4-6-20-21(8-9-25-23(20)16-18)26-22-7-5-19(17-24(22)30-3)31-15-14-29-2/h4-9,16-17H,10-15H2,1-3H3,(H,25,26). The average Bonchev–Trinajstić information content (AvgIpc) is 2.80. The smallest absolute Gasteiger partial charge is 0.145 e. The molecule has 1 aromatic heterocycles. The Kier molecular flexibility index (Phi) is 6.74. The maximum atomic E-state index is 5.69. The number of nitrogens with one attached hydrogen (secondary N) is 1. The first-order valence-electron chi connectivity index (χ1n) is 10.6. The fourth-order valence-corrected chi connectivity index (χ4v) is 3.76. The predicted molar refractivity (Wildman–Crippen MR) is 125 cm³/mol. The zero-order valence-electron chi connectivity index (χ0n) is 18.4. The monoisotopic (exact) mass is 422 g/mol. The van der Waals surface area contributed by atoms with Gasteiger partial charge in [0.25, 0.3) is 0 Å². The Bertz CT molecular complexity index is 1020. The number of nitrogens with zero attached hydrogens (tertiary/aromatic N) is 3. The van der Waals surface area contributed by atoms with Gasteiger partial charge in [0, 0.05) is 62.3 Å². The highest BCUT2D eigenvalue weighted by molar-refractivity contribution is 5.95. The van der Waals surface area contributed by atoms with Crippen LogP contribution >= 0.6 is 0 Å². The van der Waals surface area contributed by atoms with Crippen LogP contribution in [0.1, 0.15) is 0 Å². The van der Waals surface area contributed by atoms with E-state index in [1.807, 2.05) is 30.5 Å². The number of anilines is 3. The van der Waals surface area contributed by atoms with Crippen molar-refractivity contribution in [1.29, 1.82) is 0 Å². The minimum absolute atomic E-state index is 0.497. The first kappa shape index (κ1) is 21.2. The summed E-state index contributed by atoms with van der Waals surface area (Å²) in [5.41, 5.74) is 4.05. The van der Waals surface area contributed by atoms with E-state index in [0.29, 0.717) is 19.0 Å². The van der Waals surface area contributed by atoms with E-state index >= 15 is 0 Å². The third kappa shape index (κ3) is 5.00. The lowest BCUT2D eigenvalue weighted by Gasteiger charge is -2.34. The summed E-state index contributed by atoms with van der Waals surface area (Å²) in [6.45, 7) is 5.28. The molecule has 1 N–H and O–H groups in total. The number of hydrogen-bond donors (Lipinski definition) is 1. The molecule has 0 bridgehead atoms. The van der Waals surface area contributed by atoms with Crippen molar-refractivity contribution >= 4 is 28.0 Å². The molecule has 1 aliphatic rings. The van der Waals surface area contributed by atoms with Crippen LogP contribution in [0.3, 0.4) is 0 Å². The maximum absolute atomic E-state index is 5.69. The third-order valence-electron chi connectivity index (χ3n) is 5.59. The van der Waals surface area contributed by atoms with Crippen molar-refractivity contribution in [3.8, 4) is 11.5 Å². The average molecular weight is 423 g/mol. The van der Waals surface area contributed by atoms with Gasteiger partial charge in [-0.3, -0.25) is 4.98 Å². The molecule has 164 valence electrons. The molecule has 3 aromatic rings. The number of methoxy groups -OCH3 is 2. The van der Waals surface area contributed by atoms with Crippen LogP contribution in [0.15, 0.2) is 48.7 Å². The van der Waals surface area contributed by atoms with E-state index < -0.39 is 0 Å². The normalized spacial score (nSPS) is 14.6. The van der Waals surface area contributed by atoms with E-state index in [4.69, 9.17) is 14.2 Å². The second-order valence-electron chi connectivity index (χ2n) is 7.68.